The first-order valence-electron chi connectivity index (χ1n) is 10.8. The van der Waals surface area contributed by atoms with Crippen LogP contribution in [0.2, 0.25) is 0 Å². The van der Waals surface area contributed by atoms with Crippen LogP contribution >= 0.6 is 0 Å². The van der Waals surface area contributed by atoms with Gasteiger partial charge in [-0.05, 0) is 18.8 Å². The fraction of sp³-hybridized carbons (Fsp3) is 0.955. The van der Waals surface area contributed by atoms with E-state index in [2.05, 4.69) is 20.8 Å². The van der Waals surface area contributed by atoms with Gasteiger partial charge in [-0.15, -0.1) is 0 Å². The third kappa shape index (κ3) is 16.3. The number of carbonyl (C=O) groups is 1. The summed E-state index contributed by atoms with van der Waals surface area (Å²) >= 11 is 0. The van der Waals surface area contributed by atoms with E-state index in [0.717, 1.165) is 31.6 Å². The summed E-state index contributed by atoms with van der Waals surface area (Å²) in [6.07, 6.45) is 19.7. The van der Waals surface area contributed by atoms with Crippen molar-refractivity contribution in [1.82, 2.24) is 0 Å². The number of rotatable bonds is 18. The van der Waals surface area contributed by atoms with Crippen LogP contribution in [0.15, 0.2) is 0 Å². The molecular weight excluding hydrogens is 296 g/mol. The zero-order valence-electron chi connectivity index (χ0n) is 16.8. The highest BCUT2D eigenvalue weighted by Crippen LogP contribution is 2.20. The number of carboxylic acid groups (broad SMARTS) is 1. The molecule has 0 rings (SSSR count). The maximum absolute atomic E-state index is 11.4. The van der Waals surface area contributed by atoms with Crippen LogP contribution in [-0.4, -0.2) is 11.1 Å². The lowest BCUT2D eigenvalue weighted by Crippen LogP contribution is -2.13. The van der Waals surface area contributed by atoms with Crippen molar-refractivity contribution in [2.75, 3.05) is 0 Å². The maximum atomic E-state index is 11.4. The Hall–Kier alpha value is -0.530. The first-order chi connectivity index (χ1) is 11.6. The molecule has 0 aromatic rings. The highest BCUT2D eigenvalue weighted by Gasteiger charge is 2.16. The van der Waals surface area contributed by atoms with Crippen LogP contribution in [0.1, 0.15) is 124 Å². The van der Waals surface area contributed by atoms with Crippen LogP contribution in [0.5, 0.6) is 0 Å². The summed E-state index contributed by atoms with van der Waals surface area (Å²) in [6.45, 7) is 6.77. The number of carboxylic acids is 1. The van der Waals surface area contributed by atoms with Gasteiger partial charge in [0.1, 0.15) is 0 Å². The number of unbranched alkanes of at least 4 members (excludes halogenated alkanes) is 11. The van der Waals surface area contributed by atoms with Crippen LogP contribution in [0, 0.1) is 11.8 Å². The van der Waals surface area contributed by atoms with Crippen molar-refractivity contribution < 1.29 is 9.90 Å². The van der Waals surface area contributed by atoms with Crippen molar-refractivity contribution in [3.8, 4) is 0 Å². The van der Waals surface area contributed by atoms with Crippen LogP contribution in [0.3, 0.4) is 0 Å². The van der Waals surface area contributed by atoms with Crippen LogP contribution in [-0.2, 0) is 4.79 Å². The lowest BCUT2D eigenvalue weighted by Gasteiger charge is -2.12. The van der Waals surface area contributed by atoms with Gasteiger partial charge in [0.05, 0.1) is 5.92 Å². The SMILES string of the molecule is CCCCCCCCCCCCC(CCCCCC(C)C)C(=O)O. The van der Waals surface area contributed by atoms with Crippen LogP contribution < -0.4 is 0 Å². The molecule has 0 heterocycles. The molecule has 0 aliphatic carbocycles. The molecule has 0 spiro atoms. The second-order valence-corrected chi connectivity index (χ2v) is 8.04. The topological polar surface area (TPSA) is 37.3 Å². The summed E-state index contributed by atoms with van der Waals surface area (Å²) < 4.78 is 0. The smallest absolute Gasteiger partial charge is 0.306 e. The van der Waals surface area contributed by atoms with E-state index in [-0.39, 0.29) is 5.92 Å². The van der Waals surface area contributed by atoms with Crippen molar-refractivity contribution in [3.05, 3.63) is 0 Å². The van der Waals surface area contributed by atoms with E-state index in [1.165, 1.54) is 77.0 Å². The summed E-state index contributed by atoms with van der Waals surface area (Å²) in [7, 11) is 0. The predicted octanol–water partition coefficient (Wildman–Crippen LogP) is 7.60. The van der Waals surface area contributed by atoms with E-state index in [0.29, 0.717) is 0 Å². The van der Waals surface area contributed by atoms with Gasteiger partial charge in [-0.1, -0.05) is 111 Å². The Kier molecular flexibility index (Phi) is 16.9. The van der Waals surface area contributed by atoms with E-state index < -0.39 is 5.97 Å². The van der Waals surface area contributed by atoms with Gasteiger partial charge >= 0.3 is 5.97 Å². The van der Waals surface area contributed by atoms with E-state index in [4.69, 9.17) is 0 Å². The van der Waals surface area contributed by atoms with Gasteiger partial charge in [0, 0.05) is 0 Å². The maximum Gasteiger partial charge on any atom is 0.306 e. The average Bonchev–Trinajstić information content (AvgIpc) is 2.53. The van der Waals surface area contributed by atoms with Crippen molar-refractivity contribution in [1.29, 1.82) is 0 Å². The minimum atomic E-state index is -0.574. The molecule has 0 bridgehead atoms. The first kappa shape index (κ1) is 23.5. The zero-order valence-corrected chi connectivity index (χ0v) is 16.8. The fourth-order valence-corrected chi connectivity index (χ4v) is 3.39. The Bertz CT molecular complexity index is 273. The summed E-state index contributed by atoms with van der Waals surface area (Å²) in [6, 6.07) is 0. The van der Waals surface area contributed by atoms with Crippen LogP contribution in [0.4, 0.5) is 0 Å². The molecular formula is C22H44O2. The van der Waals surface area contributed by atoms with Gasteiger partial charge in [0.25, 0.3) is 0 Å². The molecule has 1 atom stereocenters. The predicted molar refractivity (Wildman–Crippen MR) is 106 cm³/mol. The van der Waals surface area contributed by atoms with Gasteiger partial charge in [0.2, 0.25) is 0 Å². The van der Waals surface area contributed by atoms with E-state index in [1.807, 2.05) is 0 Å². The standard InChI is InChI=1S/C22H44O2/c1-4-5-6-7-8-9-10-11-12-15-18-21(22(23)24)19-16-13-14-17-20(2)3/h20-21H,4-19H2,1-3H3,(H,23,24). The summed E-state index contributed by atoms with van der Waals surface area (Å²) in [4.78, 5) is 11.4. The Morgan fingerprint density at radius 1 is 0.667 bits per heavy atom. The molecule has 0 aliphatic heterocycles. The summed E-state index contributed by atoms with van der Waals surface area (Å²) in [5.41, 5.74) is 0. The fourth-order valence-electron chi connectivity index (χ4n) is 3.39. The van der Waals surface area contributed by atoms with Gasteiger partial charge < -0.3 is 5.11 Å². The second kappa shape index (κ2) is 17.3. The van der Waals surface area contributed by atoms with Crippen molar-refractivity contribution in [2.45, 2.75) is 124 Å². The molecule has 0 aromatic heterocycles. The molecule has 1 unspecified atom stereocenters. The van der Waals surface area contributed by atoms with E-state index >= 15 is 0 Å². The Morgan fingerprint density at radius 2 is 1.04 bits per heavy atom. The van der Waals surface area contributed by atoms with E-state index in [9.17, 15) is 9.90 Å². The summed E-state index contributed by atoms with van der Waals surface area (Å²) in [5.74, 6) is 0.0970. The number of hydrogen-bond acceptors (Lipinski definition) is 1. The molecule has 1 N–H and O–H groups in total. The zero-order chi connectivity index (χ0) is 18.0. The quantitative estimate of drug-likeness (QED) is 0.261. The molecule has 2 nitrogen and oxygen atoms in total. The molecule has 144 valence electrons. The molecule has 2 heteroatoms. The highest BCUT2D eigenvalue weighted by atomic mass is 16.4. The molecule has 0 saturated carbocycles. The van der Waals surface area contributed by atoms with E-state index in [1.54, 1.807) is 0 Å². The normalized spacial score (nSPS) is 12.7. The molecule has 0 radical (unpaired) electrons. The Labute approximate surface area is 151 Å². The number of hydrogen-bond donors (Lipinski definition) is 1. The Morgan fingerprint density at radius 3 is 1.46 bits per heavy atom. The van der Waals surface area contributed by atoms with Gasteiger partial charge in [-0.3, -0.25) is 4.79 Å². The molecule has 0 saturated heterocycles. The second-order valence-electron chi connectivity index (χ2n) is 8.04. The molecule has 0 fully saturated rings. The average molecular weight is 341 g/mol. The minimum Gasteiger partial charge on any atom is -0.481 e. The molecule has 0 aromatic carbocycles. The Balaban J connectivity index is 3.49. The lowest BCUT2D eigenvalue weighted by atomic mass is 9.94. The van der Waals surface area contributed by atoms with Crippen LogP contribution in [0.25, 0.3) is 0 Å². The third-order valence-electron chi connectivity index (χ3n) is 5.09. The van der Waals surface area contributed by atoms with Crippen molar-refractivity contribution in [2.24, 2.45) is 11.8 Å². The molecule has 24 heavy (non-hydrogen) atoms. The third-order valence-corrected chi connectivity index (χ3v) is 5.09. The monoisotopic (exact) mass is 340 g/mol. The largest absolute Gasteiger partial charge is 0.481 e. The summed E-state index contributed by atoms with van der Waals surface area (Å²) in [5, 5.41) is 9.36. The van der Waals surface area contributed by atoms with Gasteiger partial charge in [-0.25, -0.2) is 0 Å². The van der Waals surface area contributed by atoms with Crippen molar-refractivity contribution >= 4 is 5.97 Å². The molecule has 0 amide bonds. The number of aliphatic carboxylic acids is 1. The molecule has 0 aliphatic rings. The van der Waals surface area contributed by atoms with Gasteiger partial charge in [-0.2, -0.15) is 0 Å². The highest BCUT2D eigenvalue weighted by molar-refractivity contribution is 5.69. The first-order valence-corrected chi connectivity index (χ1v) is 10.8. The minimum absolute atomic E-state index is 0.0990. The van der Waals surface area contributed by atoms with Crippen molar-refractivity contribution in [3.63, 3.8) is 0 Å². The lowest BCUT2D eigenvalue weighted by molar-refractivity contribution is -0.142. The van der Waals surface area contributed by atoms with Gasteiger partial charge in [0.15, 0.2) is 0 Å².